The van der Waals surface area contributed by atoms with Gasteiger partial charge in [0.25, 0.3) is 5.91 Å². The van der Waals surface area contributed by atoms with Crippen molar-refractivity contribution in [2.45, 2.75) is 13.1 Å². The molecule has 9 heteroatoms. The molecule has 2 heterocycles. The minimum atomic E-state index is -4.55. The number of carbonyl (C=O) groups is 1. The number of alkyl halides is 3. The molecule has 2 aromatic heterocycles. The molecule has 3 aromatic rings. The highest BCUT2D eigenvalue weighted by atomic mass is 35.5. The number of pyridine rings is 1. The van der Waals surface area contributed by atoms with Gasteiger partial charge in [-0.1, -0.05) is 29.8 Å². The first kappa shape index (κ1) is 17.9. The third kappa shape index (κ3) is 3.55. The SMILES string of the molecule is Cc1c(C(=O)Nc2ccccc2)cnn1-c1ncc(C(F)(F)F)cc1Cl. The van der Waals surface area contributed by atoms with Crippen LogP contribution in [-0.2, 0) is 6.18 Å². The van der Waals surface area contributed by atoms with Crippen molar-refractivity contribution in [1.29, 1.82) is 0 Å². The summed E-state index contributed by atoms with van der Waals surface area (Å²) in [6.07, 6.45) is -2.57. The fourth-order valence-corrected chi connectivity index (χ4v) is 2.55. The summed E-state index contributed by atoms with van der Waals surface area (Å²) >= 11 is 5.94. The van der Waals surface area contributed by atoms with Crippen molar-refractivity contribution in [3.63, 3.8) is 0 Å². The lowest BCUT2D eigenvalue weighted by Gasteiger charge is -2.10. The lowest BCUT2D eigenvalue weighted by Crippen LogP contribution is -2.13. The molecule has 0 fully saturated rings. The standard InChI is InChI=1S/C17H12ClF3N4O/c1-10-13(16(26)24-12-5-3-2-4-6-12)9-23-25(10)15-14(18)7-11(8-22-15)17(19,20)21/h2-9H,1H3,(H,24,26). The molecule has 3 rings (SSSR count). The molecule has 0 unspecified atom stereocenters. The van der Waals surface area contributed by atoms with Gasteiger partial charge < -0.3 is 5.32 Å². The third-order valence-corrected chi connectivity index (χ3v) is 3.91. The molecule has 0 saturated heterocycles. The highest BCUT2D eigenvalue weighted by Crippen LogP contribution is 2.32. The van der Waals surface area contributed by atoms with Gasteiger partial charge in [-0.25, -0.2) is 9.67 Å². The quantitative estimate of drug-likeness (QED) is 0.727. The summed E-state index contributed by atoms with van der Waals surface area (Å²) in [5, 5.41) is 6.52. The molecule has 0 aliphatic heterocycles. The highest BCUT2D eigenvalue weighted by Gasteiger charge is 2.32. The van der Waals surface area contributed by atoms with Crippen molar-refractivity contribution in [3.8, 4) is 5.82 Å². The second-order valence-corrected chi connectivity index (χ2v) is 5.81. The molecular weight excluding hydrogens is 369 g/mol. The zero-order valence-corrected chi connectivity index (χ0v) is 14.1. The van der Waals surface area contributed by atoms with Crippen molar-refractivity contribution < 1.29 is 18.0 Å². The maximum absolute atomic E-state index is 12.7. The molecule has 0 atom stereocenters. The van der Waals surface area contributed by atoms with E-state index in [1.54, 1.807) is 31.2 Å². The molecule has 0 radical (unpaired) electrons. The van der Waals surface area contributed by atoms with E-state index >= 15 is 0 Å². The Balaban J connectivity index is 1.91. The van der Waals surface area contributed by atoms with E-state index in [1.807, 2.05) is 6.07 Å². The number of benzene rings is 1. The first-order valence-electron chi connectivity index (χ1n) is 7.41. The molecule has 0 saturated carbocycles. The largest absolute Gasteiger partial charge is 0.417 e. The van der Waals surface area contributed by atoms with Crippen LogP contribution in [-0.4, -0.2) is 20.7 Å². The number of amides is 1. The fraction of sp³-hybridized carbons (Fsp3) is 0.118. The first-order chi connectivity index (χ1) is 12.3. The Morgan fingerprint density at radius 2 is 1.88 bits per heavy atom. The molecule has 134 valence electrons. The number of halogens is 4. The summed E-state index contributed by atoms with van der Waals surface area (Å²) in [4.78, 5) is 16.1. The molecule has 0 aliphatic rings. The monoisotopic (exact) mass is 380 g/mol. The molecule has 26 heavy (non-hydrogen) atoms. The molecule has 1 aromatic carbocycles. The van der Waals surface area contributed by atoms with Crippen LogP contribution in [0.15, 0.2) is 48.8 Å². The number of rotatable bonds is 3. The van der Waals surface area contributed by atoms with Gasteiger partial charge in [0, 0.05) is 11.9 Å². The number of hydrogen-bond donors (Lipinski definition) is 1. The molecule has 5 nitrogen and oxygen atoms in total. The van der Waals surface area contributed by atoms with E-state index in [1.165, 1.54) is 10.9 Å². The lowest BCUT2D eigenvalue weighted by molar-refractivity contribution is -0.137. The van der Waals surface area contributed by atoms with Crippen LogP contribution in [0, 0.1) is 6.92 Å². The summed E-state index contributed by atoms with van der Waals surface area (Å²) in [5.74, 6) is -0.390. The van der Waals surface area contributed by atoms with Gasteiger partial charge in [0.1, 0.15) is 0 Å². The maximum Gasteiger partial charge on any atom is 0.417 e. The number of hydrogen-bond acceptors (Lipinski definition) is 3. The van der Waals surface area contributed by atoms with Crippen molar-refractivity contribution in [3.05, 3.63) is 70.6 Å². The fourth-order valence-electron chi connectivity index (χ4n) is 2.31. The van der Waals surface area contributed by atoms with E-state index in [0.717, 1.165) is 6.07 Å². The summed E-state index contributed by atoms with van der Waals surface area (Å²) in [7, 11) is 0. The van der Waals surface area contributed by atoms with Gasteiger partial charge in [-0.15, -0.1) is 0 Å². The zero-order valence-electron chi connectivity index (χ0n) is 13.4. The van der Waals surface area contributed by atoms with Crippen LogP contribution in [0.3, 0.4) is 0 Å². The number of nitrogens with one attached hydrogen (secondary N) is 1. The van der Waals surface area contributed by atoms with E-state index in [-0.39, 0.29) is 16.4 Å². The van der Waals surface area contributed by atoms with Crippen molar-refractivity contribution in [1.82, 2.24) is 14.8 Å². The smallest absolute Gasteiger partial charge is 0.322 e. The van der Waals surface area contributed by atoms with E-state index in [9.17, 15) is 18.0 Å². The Bertz CT molecular complexity index is 954. The maximum atomic E-state index is 12.7. The number of aromatic nitrogens is 3. The lowest BCUT2D eigenvalue weighted by atomic mass is 10.2. The van der Waals surface area contributed by atoms with Crippen molar-refractivity contribution in [2.24, 2.45) is 0 Å². The van der Waals surface area contributed by atoms with Crippen LogP contribution in [0.2, 0.25) is 5.02 Å². The van der Waals surface area contributed by atoms with Crippen molar-refractivity contribution >= 4 is 23.2 Å². The molecule has 0 aliphatic carbocycles. The van der Waals surface area contributed by atoms with Gasteiger partial charge >= 0.3 is 6.18 Å². The van der Waals surface area contributed by atoms with Crippen LogP contribution in [0.5, 0.6) is 0 Å². The van der Waals surface area contributed by atoms with Crippen LogP contribution >= 0.6 is 11.6 Å². The molecule has 0 bridgehead atoms. The van der Waals surface area contributed by atoms with Gasteiger partial charge in [0.05, 0.1) is 28.0 Å². The molecule has 1 N–H and O–H groups in total. The van der Waals surface area contributed by atoms with Crippen LogP contribution in [0.4, 0.5) is 18.9 Å². The van der Waals surface area contributed by atoms with Crippen LogP contribution in [0.1, 0.15) is 21.6 Å². The van der Waals surface area contributed by atoms with Gasteiger partial charge in [-0.3, -0.25) is 4.79 Å². The van der Waals surface area contributed by atoms with Gasteiger partial charge in [-0.05, 0) is 25.1 Å². The minimum absolute atomic E-state index is 0.0101. The zero-order chi connectivity index (χ0) is 18.9. The summed E-state index contributed by atoms with van der Waals surface area (Å²) in [6.45, 7) is 1.60. The van der Waals surface area contributed by atoms with E-state index in [2.05, 4.69) is 15.4 Å². The average molecular weight is 381 g/mol. The minimum Gasteiger partial charge on any atom is -0.322 e. The average Bonchev–Trinajstić information content (AvgIpc) is 2.96. The van der Waals surface area contributed by atoms with Crippen LogP contribution in [0.25, 0.3) is 5.82 Å². The number of para-hydroxylation sites is 1. The first-order valence-corrected chi connectivity index (χ1v) is 7.79. The van der Waals surface area contributed by atoms with E-state index in [0.29, 0.717) is 17.6 Å². The molecular formula is C17H12ClF3N4O. The number of anilines is 1. The second kappa shape index (κ2) is 6.80. The predicted octanol–water partition coefficient (Wildman–Crippen LogP) is 4.50. The van der Waals surface area contributed by atoms with E-state index in [4.69, 9.17) is 11.6 Å². The molecule has 1 amide bonds. The Labute approximate surface area is 151 Å². The van der Waals surface area contributed by atoms with Crippen LogP contribution < -0.4 is 5.32 Å². The van der Waals surface area contributed by atoms with Gasteiger partial charge in [0.15, 0.2) is 5.82 Å². The number of carbonyl (C=O) groups excluding carboxylic acids is 1. The molecule has 0 spiro atoms. The highest BCUT2D eigenvalue weighted by molar-refractivity contribution is 6.32. The summed E-state index contributed by atoms with van der Waals surface area (Å²) in [6, 6.07) is 9.60. The van der Waals surface area contributed by atoms with Crippen molar-refractivity contribution in [2.75, 3.05) is 5.32 Å². The topological polar surface area (TPSA) is 59.8 Å². The summed E-state index contributed by atoms with van der Waals surface area (Å²) < 4.78 is 39.4. The normalized spacial score (nSPS) is 11.4. The Morgan fingerprint density at radius 1 is 1.19 bits per heavy atom. The number of nitrogens with zero attached hydrogens (tertiary/aromatic N) is 3. The van der Waals surface area contributed by atoms with Gasteiger partial charge in [-0.2, -0.15) is 18.3 Å². The van der Waals surface area contributed by atoms with E-state index < -0.39 is 17.6 Å². The predicted molar refractivity (Wildman–Crippen MR) is 90.5 cm³/mol. The summed E-state index contributed by atoms with van der Waals surface area (Å²) in [5.41, 5.74) is 0.299. The Kier molecular flexibility index (Phi) is 4.69. The van der Waals surface area contributed by atoms with Gasteiger partial charge in [0.2, 0.25) is 0 Å². The Morgan fingerprint density at radius 3 is 2.50 bits per heavy atom. The Hall–Kier alpha value is -2.87. The second-order valence-electron chi connectivity index (χ2n) is 5.40. The third-order valence-electron chi connectivity index (χ3n) is 3.64.